The molecule has 1 atom stereocenters. The van der Waals surface area contributed by atoms with E-state index in [1.807, 2.05) is 25.2 Å². The third-order valence-electron chi connectivity index (χ3n) is 3.40. The number of nitrogens with one attached hydrogen (secondary N) is 1. The molecule has 0 aliphatic rings. The van der Waals surface area contributed by atoms with Crippen molar-refractivity contribution in [3.63, 3.8) is 0 Å². The zero-order valence-corrected chi connectivity index (χ0v) is 13.0. The maximum absolute atomic E-state index is 13.2. The summed E-state index contributed by atoms with van der Waals surface area (Å²) in [4.78, 5) is 4.63. The largest absolute Gasteiger partial charge is 0.313 e. The third kappa shape index (κ3) is 3.07. The van der Waals surface area contributed by atoms with Crippen LogP contribution in [0.1, 0.15) is 16.6 Å². The van der Waals surface area contributed by atoms with E-state index in [1.54, 1.807) is 17.4 Å². The first-order chi connectivity index (χ1) is 10.2. The van der Waals surface area contributed by atoms with Gasteiger partial charge >= 0.3 is 0 Å². The molecular formula is C16H14ClFN2S. The van der Waals surface area contributed by atoms with Gasteiger partial charge in [-0.05, 0) is 36.9 Å². The number of fused-ring (bicyclic) bond motifs is 1. The lowest BCUT2D eigenvalue weighted by atomic mass is 10.0. The first-order valence-electron chi connectivity index (χ1n) is 6.64. The van der Waals surface area contributed by atoms with Crippen LogP contribution in [0.15, 0.2) is 42.5 Å². The molecule has 0 aliphatic carbocycles. The molecular weight excluding hydrogens is 307 g/mol. The van der Waals surface area contributed by atoms with Gasteiger partial charge in [-0.25, -0.2) is 9.37 Å². The second-order valence-corrected chi connectivity index (χ2v) is 6.31. The van der Waals surface area contributed by atoms with Gasteiger partial charge in [-0.2, -0.15) is 0 Å². The Morgan fingerprint density at radius 3 is 2.81 bits per heavy atom. The van der Waals surface area contributed by atoms with E-state index >= 15 is 0 Å². The van der Waals surface area contributed by atoms with Gasteiger partial charge in [0.1, 0.15) is 5.82 Å². The summed E-state index contributed by atoms with van der Waals surface area (Å²) in [5, 5.41) is 4.71. The summed E-state index contributed by atoms with van der Waals surface area (Å²) < 4.78 is 14.3. The van der Waals surface area contributed by atoms with Gasteiger partial charge in [0.05, 0.1) is 15.2 Å². The minimum Gasteiger partial charge on any atom is -0.313 e. The molecule has 0 saturated heterocycles. The van der Waals surface area contributed by atoms with Crippen molar-refractivity contribution in [2.24, 2.45) is 0 Å². The van der Waals surface area contributed by atoms with Gasteiger partial charge in [0, 0.05) is 17.5 Å². The highest BCUT2D eigenvalue weighted by atomic mass is 35.5. The predicted octanol–water partition coefficient (Wildman–Crippen LogP) is 4.59. The molecule has 1 aromatic heterocycles. The molecule has 0 saturated carbocycles. The van der Waals surface area contributed by atoms with E-state index in [2.05, 4.69) is 16.4 Å². The van der Waals surface area contributed by atoms with E-state index in [0.717, 1.165) is 22.5 Å². The second-order valence-electron chi connectivity index (χ2n) is 4.79. The lowest BCUT2D eigenvalue weighted by Crippen LogP contribution is -2.19. The van der Waals surface area contributed by atoms with Crippen molar-refractivity contribution in [3.05, 3.63) is 63.9 Å². The number of nitrogens with zero attached hydrogens (tertiary/aromatic N) is 1. The highest BCUT2D eigenvalue weighted by Gasteiger charge is 2.16. The van der Waals surface area contributed by atoms with E-state index in [9.17, 15) is 4.39 Å². The predicted molar refractivity (Wildman–Crippen MR) is 86.5 cm³/mol. The van der Waals surface area contributed by atoms with E-state index in [1.165, 1.54) is 16.8 Å². The van der Waals surface area contributed by atoms with Crippen molar-refractivity contribution in [2.75, 3.05) is 7.05 Å². The van der Waals surface area contributed by atoms with Crippen molar-refractivity contribution < 1.29 is 4.39 Å². The van der Waals surface area contributed by atoms with Crippen molar-refractivity contribution in [2.45, 2.75) is 12.5 Å². The van der Waals surface area contributed by atoms with Gasteiger partial charge in [0.25, 0.3) is 0 Å². The van der Waals surface area contributed by atoms with Crippen LogP contribution in [0.4, 0.5) is 4.39 Å². The van der Waals surface area contributed by atoms with Gasteiger partial charge in [-0.1, -0.05) is 29.8 Å². The number of likely N-dealkylation sites (N-methyl/N-ethyl adjacent to an activating group) is 1. The Balaban J connectivity index is 1.90. The standard InChI is InChI=1S/C16H14ClFN2S/c1-19-14(11-7-6-10(18)8-12(11)17)9-16-20-13-4-2-3-5-15(13)21-16/h2-8,14,19H,9H2,1H3. The normalized spacial score (nSPS) is 12.7. The van der Waals surface area contributed by atoms with Gasteiger partial charge in [-0.3, -0.25) is 0 Å². The molecule has 2 nitrogen and oxygen atoms in total. The fourth-order valence-corrected chi connectivity index (χ4v) is 3.65. The highest BCUT2D eigenvalue weighted by Crippen LogP contribution is 2.29. The number of halogens is 2. The molecule has 0 bridgehead atoms. The van der Waals surface area contributed by atoms with Crippen molar-refractivity contribution in [3.8, 4) is 0 Å². The Hall–Kier alpha value is -1.49. The number of benzene rings is 2. The van der Waals surface area contributed by atoms with Gasteiger partial charge in [0.15, 0.2) is 0 Å². The number of hydrogen-bond donors (Lipinski definition) is 1. The Morgan fingerprint density at radius 2 is 2.10 bits per heavy atom. The van der Waals surface area contributed by atoms with E-state index in [0.29, 0.717) is 5.02 Å². The summed E-state index contributed by atoms with van der Waals surface area (Å²) in [5.41, 5.74) is 1.90. The number of para-hydroxylation sites is 1. The molecule has 0 radical (unpaired) electrons. The Labute approximate surface area is 131 Å². The summed E-state index contributed by atoms with van der Waals surface area (Å²) in [7, 11) is 1.87. The molecule has 1 N–H and O–H groups in total. The van der Waals surface area contributed by atoms with Crippen molar-refractivity contribution in [1.82, 2.24) is 10.3 Å². The van der Waals surface area contributed by atoms with Crippen LogP contribution >= 0.6 is 22.9 Å². The number of aromatic nitrogens is 1. The molecule has 2 aromatic carbocycles. The van der Waals surface area contributed by atoms with E-state index < -0.39 is 0 Å². The Morgan fingerprint density at radius 1 is 1.29 bits per heavy atom. The van der Waals surface area contributed by atoms with Crippen LogP contribution in [0.5, 0.6) is 0 Å². The lowest BCUT2D eigenvalue weighted by Gasteiger charge is -2.16. The van der Waals surface area contributed by atoms with Crippen LogP contribution in [0, 0.1) is 5.82 Å². The quantitative estimate of drug-likeness (QED) is 0.760. The summed E-state index contributed by atoms with van der Waals surface area (Å²) in [6.07, 6.45) is 0.723. The molecule has 3 aromatic rings. The van der Waals surface area contributed by atoms with Crippen molar-refractivity contribution in [1.29, 1.82) is 0 Å². The van der Waals surface area contributed by atoms with E-state index in [4.69, 9.17) is 11.6 Å². The lowest BCUT2D eigenvalue weighted by molar-refractivity contribution is 0.585. The van der Waals surface area contributed by atoms with Gasteiger partial charge < -0.3 is 5.32 Å². The van der Waals surface area contributed by atoms with Crippen LogP contribution < -0.4 is 5.32 Å². The Kier molecular flexibility index (Phi) is 4.19. The molecule has 0 aliphatic heterocycles. The van der Waals surface area contributed by atoms with Crippen LogP contribution in [0.2, 0.25) is 5.02 Å². The minimum atomic E-state index is -0.321. The number of thiazole rings is 1. The zero-order chi connectivity index (χ0) is 14.8. The maximum Gasteiger partial charge on any atom is 0.124 e. The smallest absolute Gasteiger partial charge is 0.124 e. The maximum atomic E-state index is 13.2. The van der Waals surface area contributed by atoms with Crippen LogP contribution in [-0.4, -0.2) is 12.0 Å². The van der Waals surface area contributed by atoms with Gasteiger partial charge in [-0.15, -0.1) is 11.3 Å². The first-order valence-corrected chi connectivity index (χ1v) is 7.83. The summed E-state index contributed by atoms with van der Waals surface area (Å²) in [6.45, 7) is 0. The molecule has 0 fully saturated rings. The Bertz CT molecular complexity index is 739. The molecule has 0 amide bonds. The average Bonchev–Trinajstić information content (AvgIpc) is 2.87. The highest BCUT2D eigenvalue weighted by molar-refractivity contribution is 7.18. The molecule has 1 heterocycles. The third-order valence-corrected chi connectivity index (χ3v) is 4.79. The molecule has 1 unspecified atom stereocenters. The molecule has 21 heavy (non-hydrogen) atoms. The van der Waals surface area contributed by atoms with Crippen LogP contribution in [0.25, 0.3) is 10.2 Å². The van der Waals surface area contributed by atoms with Gasteiger partial charge in [0.2, 0.25) is 0 Å². The molecule has 3 rings (SSSR count). The first kappa shape index (κ1) is 14.4. The summed E-state index contributed by atoms with van der Waals surface area (Å²) >= 11 is 7.83. The second kappa shape index (κ2) is 6.10. The monoisotopic (exact) mass is 320 g/mol. The van der Waals surface area contributed by atoms with Crippen LogP contribution in [-0.2, 0) is 6.42 Å². The molecule has 5 heteroatoms. The summed E-state index contributed by atoms with van der Waals surface area (Å²) in [6, 6.07) is 12.6. The SMILES string of the molecule is CNC(Cc1nc2ccccc2s1)c1ccc(F)cc1Cl. The molecule has 0 spiro atoms. The van der Waals surface area contributed by atoms with Crippen molar-refractivity contribution >= 4 is 33.2 Å². The van der Waals surface area contributed by atoms with Crippen LogP contribution in [0.3, 0.4) is 0 Å². The number of rotatable bonds is 4. The fourth-order valence-electron chi connectivity index (χ4n) is 2.33. The van der Waals surface area contributed by atoms with E-state index in [-0.39, 0.29) is 11.9 Å². The minimum absolute atomic E-state index is 0.0127. The summed E-state index contributed by atoms with van der Waals surface area (Å²) in [5.74, 6) is -0.321. The molecule has 108 valence electrons. The number of hydrogen-bond acceptors (Lipinski definition) is 3. The zero-order valence-electron chi connectivity index (χ0n) is 11.4. The topological polar surface area (TPSA) is 24.9 Å². The fraction of sp³-hybridized carbons (Fsp3) is 0.188. The average molecular weight is 321 g/mol.